The van der Waals surface area contributed by atoms with E-state index in [1.54, 1.807) is 24.4 Å². The van der Waals surface area contributed by atoms with E-state index in [1.807, 2.05) is 80.5 Å². The molecule has 1 aromatic heterocycles. The summed E-state index contributed by atoms with van der Waals surface area (Å²) in [6.45, 7) is 2.01. The van der Waals surface area contributed by atoms with Crippen molar-refractivity contribution < 1.29 is 9.18 Å². The van der Waals surface area contributed by atoms with E-state index in [0.717, 1.165) is 11.3 Å². The fourth-order valence-electron chi connectivity index (χ4n) is 3.56. The number of anilines is 5. The van der Waals surface area contributed by atoms with Gasteiger partial charge in [0, 0.05) is 37.7 Å². The number of aromatic nitrogens is 2. The molecule has 4 aromatic rings. The van der Waals surface area contributed by atoms with E-state index >= 15 is 0 Å². The minimum absolute atomic E-state index is 0.0413. The van der Waals surface area contributed by atoms with Gasteiger partial charge in [-0.2, -0.15) is 4.98 Å². The lowest BCUT2D eigenvalue weighted by Crippen LogP contribution is -2.31. The maximum absolute atomic E-state index is 13.7. The third-order valence-electron chi connectivity index (χ3n) is 5.42. The molecule has 3 aromatic carbocycles. The van der Waals surface area contributed by atoms with Crippen LogP contribution < -0.4 is 20.4 Å². The van der Waals surface area contributed by atoms with Crippen molar-refractivity contribution in [1.29, 1.82) is 0 Å². The molecule has 2 N–H and O–H groups in total. The van der Waals surface area contributed by atoms with Gasteiger partial charge in [0.05, 0.1) is 11.7 Å². The molecule has 0 aliphatic heterocycles. The van der Waals surface area contributed by atoms with Crippen LogP contribution in [0.25, 0.3) is 0 Å². The van der Waals surface area contributed by atoms with Gasteiger partial charge in [0.1, 0.15) is 11.6 Å². The summed E-state index contributed by atoms with van der Waals surface area (Å²) in [5.41, 5.74) is 3.02. The summed E-state index contributed by atoms with van der Waals surface area (Å²) in [6.07, 6.45) is 1.60. The van der Waals surface area contributed by atoms with Crippen LogP contribution in [0.15, 0.2) is 91.1 Å². The number of rotatable bonds is 7. The first-order chi connectivity index (χ1) is 16.9. The first-order valence-corrected chi connectivity index (χ1v) is 11.2. The number of amides is 2. The highest BCUT2D eigenvalue weighted by molar-refractivity contribution is 6.06. The number of hydrogen-bond donors (Lipinski definition) is 2. The second kappa shape index (κ2) is 10.6. The van der Waals surface area contributed by atoms with E-state index in [9.17, 15) is 9.18 Å². The van der Waals surface area contributed by atoms with Gasteiger partial charge in [0.25, 0.3) is 0 Å². The minimum Gasteiger partial charge on any atom is -0.378 e. The Kier molecular flexibility index (Phi) is 7.21. The Labute approximate surface area is 204 Å². The molecule has 1 unspecified atom stereocenters. The van der Waals surface area contributed by atoms with Crippen LogP contribution in [-0.4, -0.2) is 30.1 Å². The van der Waals surface area contributed by atoms with E-state index in [-0.39, 0.29) is 6.04 Å². The second-order valence-electron chi connectivity index (χ2n) is 8.20. The third-order valence-corrected chi connectivity index (χ3v) is 5.42. The van der Waals surface area contributed by atoms with Crippen molar-refractivity contribution in [2.75, 3.05) is 34.5 Å². The summed E-state index contributed by atoms with van der Waals surface area (Å²) >= 11 is 0. The molecular formula is C27H27FN6O. The number of urea groups is 1. The fourth-order valence-corrected chi connectivity index (χ4v) is 3.56. The highest BCUT2D eigenvalue weighted by Gasteiger charge is 2.21. The molecule has 8 heteroatoms. The summed E-state index contributed by atoms with van der Waals surface area (Å²) in [6, 6.07) is 24.3. The van der Waals surface area contributed by atoms with Crippen LogP contribution >= 0.6 is 0 Å². The number of nitrogens with zero attached hydrogens (tertiary/aromatic N) is 4. The monoisotopic (exact) mass is 470 g/mol. The predicted octanol–water partition coefficient (Wildman–Crippen LogP) is 6.23. The van der Waals surface area contributed by atoms with Crippen molar-refractivity contribution in [3.05, 3.63) is 103 Å². The Balaban J connectivity index is 1.66. The average molecular weight is 471 g/mol. The molecule has 0 aliphatic rings. The number of hydrogen-bond acceptors (Lipinski definition) is 5. The van der Waals surface area contributed by atoms with E-state index in [4.69, 9.17) is 0 Å². The average Bonchev–Trinajstić information content (AvgIpc) is 2.85. The van der Waals surface area contributed by atoms with Gasteiger partial charge in [-0.25, -0.2) is 19.1 Å². The summed E-state index contributed by atoms with van der Waals surface area (Å²) < 4.78 is 13.7. The smallest absolute Gasteiger partial charge is 0.332 e. The largest absolute Gasteiger partial charge is 0.378 e. The zero-order chi connectivity index (χ0) is 24.8. The number of nitrogens with one attached hydrogen (secondary N) is 2. The van der Waals surface area contributed by atoms with E-state index < -0.39 is 11.8 Å². The normalized spacial score (nSPS) is 11.4. The van der Waals surface area contributed by atoms with Crippen molar-refractivity contribution in [2.24, 2.45) is 0 Å². The quantitative estimate of drug-likeness (QED) is 0.335. The van der Waals surface area contributed by atoms with Crippen LogP contribution in [0.3, 0.4) is 0 Å². The van der Waals surface area contributed by atoms with Gasteiger partial charge in [0.2, 0.25) is 5.95 Å². The molecule has 0 bridgehead atoms. The maximum Gasteiger partial charge on any atom is 0.332 e. The molecule has 178 valence electrons. The zero-order valence-electron chi connectivity index (χ0n) is 19.8. The predicted molar refractivity (Wildman–Crippen MR) is 139 cm³/mol. The van der Waals surface area contributed by atoms with Crippen LogP contribution in [0.4, 0.5) is 38.0 Å². The fraction of sp³-hybridized carbons (Fsp3) is 0.148. The van der Waals surface area contributed by atoms with Crippen LogP contribution in [0.5, 0.6) is 0 Å². The van der Waals surface area contributed by atoms with Crippen LogP contribution in [-0.2, 0) is 0 Å². The van der Waals surface area contributed by atoms with Gasteiger partial charge in [-0.05, 0) is 55.0 Å². The Morgan fingerprint density at radius 2 is 1.63 bits per heavy atom. The maximum atomic E-state index is 13.7. The van der Waals surface area contributed by atoms with Crippen molar-refractivity contribution in [3.63, 3.8) is 0 Å². The summed E-state index contributed by atoms with van der Waals surface area (Å²) in [7, 11) is 3.89. The lowest BCUT2D eigenvalue weighted by Gasteiger charge is -2.24. The zero-order valence-corrected chi connectivity index (χ0v) is 19.8. The van der Waals surface area contributed by atoms with Crippen LogP contribution in [0.1, 0.15) is 18.5 Å². The Bertz CT molecular complexity index is 1280. The molecule has 1 heterocycles. The van der Waals surface area contributed by atoms with Gasteiger partial charge in [-0.1, -0.05) is 36.4 Å². The van der Waals surface area contributed by atoms with Gasteiger partial charge in [-0.15, -0.1) is 0 Å². The van der Waals surface area contributed by atoms with Gasteiger partial charge >= 0.3 is 6.03 Å². The summed E-state index contributed by atoms with van der Waals surface area (Å²) in [5, 5.41) is 6.05. The summed E-state index contributed by atoms with van der Waals surface area (Å²) in [5.74, 6) is 0.315. The molecule has 0 saturated carbocycles. The van der Waals surface area contributed by atoms with Gasteiger partial charge in [0.15, 0.2) is 0 Å². The van der Waals surface area contributed by atoms with Crippen LogP contribution in [0.2, 0.25) is 0 Å². The topological polar surface area (TPSA) is 73.4 Å². The van der Waals surface area contributed by atoms with Crippen LogP contribution in [0, 0.1) is 5.82 Å². The van der Waals surface area contributed by atoms with E-state index in [2.05, 4.69) is 20.6 Å². The number of halogens is 1. The molecule has 0 spiro atoms. The minimum atomic E-state index is -0.478. The molecule has 0 radical (unpaired) electrons. The van der Waals surface area contributed by atoms with Gasteiger partial charge < -0.3 is 15.5 Å². The molecule has 1 atom stereocenters. The summed E-state index contributed by atoms with van der Waals surface area (Å²) in [4.78, 5) is 25.8. The second-order valence-corrected chi connectivity index (χ2v) is 8.20. The molecule has 0 saturated heterocycles. The van der Waals surface area contributed by atoms with Crippen molar-refractivity contribution in [2.45, 2.75) is 13.0 Å². The Hall–Kier alpha value is -4.46. The third kappa shape index (κ3) is 5.92. The molecule has 7 nitrogen and oxygen atoms in total. The Morgan fingerprint density at radius 3 is 2.31 bits per heavy atom. The van der Waals surface area contributed by atoms with Gasteiger partial charge in [-0.3, -0.25) is 0 Å². The van der Waals surface area contributed by atoms with Crippen molar-refractivity contribution >= 4 is 34.9 Å². The highest BCUT2D eigenvalue weighted by atomic mass is 19.1. The molecule has 0 aliphatic carbocycles. The highest BCUT2D eigenvalue weighted by Crippen LogP contribution is 2.28. The lowest BCUT2D eigenvalue weighted by atomic mass is 10.1. The lowest BCUT2D eigenvalue weighted by molar-refractivity contribution is 0.259. The molecule has 0 fully saturated rings. The van der Waals surface area contributed by atoms with E-state index in [1.165, 1.54) is 17.0 Å². The number of carbonyl (C=O) groups is 1. The molecular weight excluding hydrogens is 443 g/mol. The number of benzene rings is 3. The van der Waals surface area contributed by atoms with E-state index in [0.29, 0.717) is 23.1 Å². The molecule has 2 amide bonds. The first kappa shape index (κ1) is 23.7. The first-order valence-electron chi connectivity index (χ1n) is 11.2. The number of carbonyl (C=O) groups excluding carboxylic acids is 1. The SMILES string of the molecule is CC(Nc1nccc(N(C(=O)Nc2cccc(F)c2)c2ccc(N(C)C)cc2)n1)c1ccccc1. The standard InChI is InChI=1S/C27H27FN6O/c1-19(20-8-5-4-6-9-20)30-26-29-17-16-25(32-26)34(24-14-12-23(13-15-24)33(2)3)27(35)31-22-11-7-10-21(28)18-22/h4-19H,1-3H3,(H,31,35)(H,29,30,32). The van der Waals surface area contributed by atoms with Crippen molar-refractivity contribution in [3.8, 4) is 0 Å². The Morgan fingerprint density at radius 1 is 0.914 bits per heavy atom. The van der Waals surface area contributed by atoms with Crippen molar-refractivity contribution in [1.82, 2.24) is 9.97 Å². The molecule has 35 heavy (non-hydrogen) atoms. The molecule has 4 rings (SSSR count).